The van der Waals surface area contributed by atoms with E-state index in [4.69, 9.17) is 0 Å². The van der Waals surface area contributed by atoms with Gasteiger partial charge in [-0.15, -0.1) is 9.81 Å². The molecule has 10 nitrogen and oxygen atoms in total. The van der Waals surface area contributed by atoms with Crippen LogP contribution >= 0.6 is 0 Å². The lowest BCUT2D eigenvalue weighted by atomic mass is 10.1. The van der Waals surface area contributed by atoms with Crippen LogP contribution < -0.4 is 10.6 Å². The SMILES string of the molecule is CCCCCCCCN(N=O)C(=O)NCCNC(=O)N(CCCCCCCC)N=O. The highest BCUT2D eigenvalue weighted by Crippen LogP contribution is 2.07. The van der Waals surface area contributed by atoms with Gasteiger partial charge < -0.3 is 10.6 Å². The van der Waals surface area contributed by atoms with Crippen molar-refractivity contribution < 1.29 is 9.59 Å². The number of urea groups is 2. The minimum Gasteiger partial charge on any atom is -0.335 e. The van der Waals surface area contributed by atoms with Crippen LogP contribution in [-0.4, -0.2) is 48.3 Å². The van der Waals surface area contributed by atoms with Crippen molar-refractivity contribution in [3.8, 4) is 0 Å². The average molecular weight is 429 g/mol. The standard InChI is InChI=1S/C20H40N6O4/c1-3-5-7-9-11-13-17-25(23-29)19(27)21-15-16-22-20(28)26(24-30)18-14-12-10-8-6-4-2/h3-18H2,1-2H3,(H,21,27)(H,22,28). The third-order valence-electron chi connectivity index (χ3n) is 4.79. The summed E-state index contributed by atoms with van der Waals surface area (Å²) in [6, 6.07) is -1.18. The highest BCUT2D eigenvalue weighted by molar-refractivity contribution is 5.75. The molecular formula is C20H40N6O4. The van der Waals surface area contributed by atoms with Gasteiger partial charge in [0.1, 0.15) is 0 Å². The van der Waals surface area contributed by atoms with Crippen LogP contribution in [0.4, 0.5) is 9.59 Å². The van der Waals surface area contributed by atoms with Crippen LogP contribution in [0.25, 0.3) is 0 Å². The zero-order valence-electron chi connectivity index (χ0n) is 18.7. The number of carbonyl (C=O) groups excluding carboxylic acids is 2. The smallest absolute Gasteiger partial charge is 0.335 e. The Bertz CT molecular complexity index is 436. The first-order valence-corrected chi connectivity index (χ1v) is 11.4. The van der Waals surface area contributed by atoms with E-state index in [9.17, 15) is 19.4 Å². The molecule has 0 aromatic carbocycles. The molecule has 0 heterocycles. The monoisotopic (exact) mass is 428 g/mol. The maximum absolute atomic E-state index is 12.0. The molecule has 0 aliphatic heterocycles. The second-order valence-corrected chi connectivity index (χ2v) is 7.41. The molecule has 0 aromatic heterocycles. The summed E-state index contributed by atoms with van der Waals surface area (Å²) in [5, 5.41) is 12.3. The molecule has 2 N–H and O–H groups in total. The lowest BCUT2D eigenvalue weighted by molar-refractivity contribution is 0.193. The van der Waals surface area contributed by atoms with E-state index >= 15 is 0 Å². The number of amides is 4. The maximum Gasteiger partial charge on any atom is 0.340 e. The lowest BCUT2D eigenvalue weighted by Crippen LogP contribution is -2.43. The predicted molar refractivity (Wildman–Crippen MR) is 119 cm³/mol. The van der Waals surface area contributed by atoms with E-state index in [1.54, 1.807) is 0 Å². The molecule has 0 rings (SSSR count). The number of nitrogens with zero attached hydrogens (tertiary/aromatic N) is 4. The molecule has 0 aromatic rings. The van der Waals surface area contributed by atoms with E-state index in [1.165, 1.54) is 25.7 Å². The van der Waals surface area contributed by atoms with Gasteiger partial charge in [0.05, 0.1) is 10.6 Å². The molecule has 0 radical (unpaired) electrons. The molecule has 0 unspecified atom stereocenters. The Morgan fingerprint density at radius 2 is 0.933 bits per heavy atom. The third-order valence-corrected chi connectivity index (χ3v) is 4.79. The van der Waals surface area contributed by atoms with Gasteiger partial charge in [0.15, 0.2) is 0 Å². The molecule has 174 valence electrons. The first-order chi connectivity index (χ1) is 14.6. The van der Waals surface area contributed by atoms with Crippen LogP contribution in [0, 0.1) is 9.81 Å². The van der Waals surface area contributed by atoms with Crippen molar-refractivity contribution in [1.29, 1.82) is 0 Å². The van der Waals surface area contributed by atoms with Gasteiger partial charge in [-0.05, 0) is 12.8 Å². The Labute approximate surface area is 180 Å². The number of nitrogens with one attached hydrogen (secondary N) is 2. The van der Waals surface area contributed by atoms with Gasteiger partial charge in [-0.3, -0.25) is 0 Å². The Kier molecular flexibility index (Phi) is 18.5. The van der Waals surface area contributed by atoms with E-state index < -0.39 is 12.1 Å². The second kappa shape index (κ2) is 20.0. The molecule has 0 atom stereocenters. The second-order valence-electron chi connectivity index (χ2n) is 7.41. The molecule has 0 spiro atoms. The summed E-state index contributed by atoms with van der Waals surface area (Å²) in [5.74, 6) is 0. The average Bonchev–Trinajstić information content (AvgIpc) is 2.75. The fraction of sp³-hybridized carbons (Fsp3) is 0.900. The quantitative estimate of drug-likeness (QED) is 0.169. The van der Waals surface area contributed by atoms with Crippen molar-refractivity contribution in [3.63, 3.8) is 0 Å². The molecule has 30 heavy (non-hydrogen) atoms. The minimum atomic E-state index is -0.592. The van der Waals surface area contributed by atoms with Crippen LogP contribution in [0.3, 0.4) is 0 Å². The zero-order chi connectivity index (χ0) is 22.5. The number of unbranched alkanes of at least 4 members (excludes halogenated alkanes) is 10. The number of hydrogen-bond donors (Lipinski definition) is 2. The van der Waals surface area contributed by atoms with Crippen LogP contribution in [0.2, 0.25) is 0 Å². The Hall–Kier alpha value is -2.26. The first kappa shape index (κ1) is 27.7. The highest BCUT2D eigenvalue weighted by atomic mass is 16.3. The summed E-state index contributed by atoms with van der Waals surface area (Å²) in [5.41, 5.74) is 0. The van der Waals surface area contributed by atoms with Gasteiger partial charge in [0.25, 0.3) is 0 Å². The predicted octanol–water partition coefficient (Wildman–Crippen LogP) is 5.09. The number of rotatable bonds is 19. The van der Waals surface area contributed by atoms with Crippen LogP contribution in [0.15, 0.2) is 10.6 Å². The van der Waals surface area contributed by atoms with E-state index in [1.807, 2.05) is 0 Å². The largest absolute Gasteiger partial charge is 0.340 e. The van der Waals surface area contributed by atoms with E-state index in [-0.39, 0.29) is 26.2 Å². The van der Waals surface area contributed by atoms with Gasteiger partial charge in [-0.2, -0.15) is 10.0 Å². The van der Waals surface area contributed by atoms with Crippen molar-refractivity contribution in [2.45, 2.75) is 90.9 Å². The zero-order valence-corrected chi connectivity index (χ0v) is 18.7. The van der Waals surface area contributed by atoms with Crippen molar-refractivity contribution in [3.05, 3.63) is 9.81 Å². The number of nitroso groups, excluding NO2 is 2. The topological polar surface area (TPSA) is 124 Å². The fourth-order valence-electron chi connectivity index (χ4n) is 2.96. The summed E-state index contributed by atoms with van der Waals surface area (Å²) < 4.78 is 0. The van der Waals surface area contributed by atoms with Crippen molar-refractivity contribution >= 4 is 12.1 Å². The summed E-state index contributed by atoms with van der Waals surface area (Å²) in [6.07, 6.45) is 12.5. The fourth-order valence-corrected chi connectivity index (χ4v) is 2.96. The van der Waals surface area contributed by atoms with Crippen LogP contribution in [-0.2, 0) is 0 Å². The Morgan fingerprint density at radius 1 is 0.600 bits per heavy atom. The third kappa shape index (κ3) is 14.7. The Morgan fingerprint density at radius 3 is 1.27 bits per heavy atom. The van der Waals surface area contributed by atoms with Crippen molar-refractivity contribution in [2.75, 3.05) is 26.2 Å². The van der Waals surface area contributed by atoms with Gasteiger partial charge >= 0.3 is 12.1 Å². The first-order valence-electron chi connectivity index (χ1n) is 11.4. The summed E-state index contributed by atoms with van der Waals surface area (Å²) in [6.45, 7) is 5.08. The molecule has 4 amide bonds. The van der Waals surface area contributed by atoms with Gasteiger partial charge in [0, 0.05) is 26.2 Å². The number of carbonyl (C=O) groups is 2. The van der Waals surface area contributed by atoms with Crippen LogP contribution in [0.5, 0.6) is 0 Å². The molecule has 0 saturated carbocycles. The minimum absolute atomic E-state index is 0.122. The molecule has 0 bridgehead atoms. The van der Waals surface area contributed by atoms with Gasteiger partial charge in [0.2, 0.25) is 0 Å². The van der Waals surface area contributed by atoms with Crippen molar-refractivity contribution in [1.82, 2.24) is 20.7 Å². The molecule has 0 aliphatic carbocycles. The summed E-state index contributed by atoms with van der Waals surface area (Å²) in [4.78, 5) is 45.6. The van der Waals surface area contributed by atoms with E-state index in [0.717, 1.165) is 61.4 Å². The lowest BCUT2D eigenvalue weighted by Gasteiger charge is -2.16. The number of hydrogen-bond acceptors (Lipinski definition) is 6. The molecule has 0 fully saturated rings. The van der Waals surface area contributed by atoms with Crippen LogP contribution in [0.1, 0.15) is 90.9 Å². The Balaban J connectivity index is 3.93. The molecule has 0 saturated heterocycles. The molecule has 0 aliphatic rings. The van der Waals surface area contributed by atoms with Gasteiger partial charge in [-0.25, -0.2) is 9.59 Å². The van der Waals surface area contributed by atoms with E-state index in [2.05, 4.69) is 35.1 Å². The molecule has 10 heteroatoms. The maximum atomic E-state index is 12.0. The molecular weight excluding hydrogens is 388 g/mol. The summed E-state index contributed by atoms with van der Waals surface area (Å²) in [7, 11) is 0. The van der Waals surface area contributed by atoms with Gasteiger partial charge in [-0.1, -0.05) is 78.1 Å². The highest BCUT2D eigenvalue weighted by Gasteiger charge is 2.15. The summed E-state index contributed by atoms with van der Waals surface area (Å²) >= 11 is 0. The normalized spacial score (nSPS) is 10.3. The van der Waals surface area contributed by atoms with E-state index in [0.29, 0.717) is 0 Å². The van der Waals surface area contributed by atoms with Crippen molar-refractivity contribution in [2.24, 2.45) is 10.6 Å².